The third-order valence-electron chi connectivity index (χ3n) is 2.44. The summed E-state index contributed by atoms with van der Waals surface area (Å²) in [6.07, 6.45) is 0. The van der Waals surface area contributed by atoms with Gasteiger partial charge in [0.15, 0.2) is 0 Å². The minimum absolute atomic E-state index is 0.466. The molecule has 0 aromatic carbocycles. The lowest BCUT2D eigenvalue weighted by molar-refractivity contribution is 0.158. The number of hydrogen-bond donors (Lipinski definition) is 2. The molecule has 0 radical (unpaired) electrons. The van der Waals surface area contributed by atoms with Crippen molar-refractivity contribution in [3.8, 4) is 0 Å². The summed E-state index contributed by atoms with van der Waals surface area (Å²) in [6.45, 7) is 5.28. The number of guanidine groups is 1. The molecule has 0 saturated carbocycles. The number of nitrogens with one attached hydrogen (secondary N) is 1. The Morgan fingerprint density at radius 1 is 1.54 bits per heavy atom. The van der Waals surface area contributed by atoms with E-state index in [0.29, 0.717) is 6.04 Å². The molecular weight excluding hydrogens is 166 g/mol. The third-order valence-corrected chi connectivity index (χ3v) is 2.44. The largest absolute Gasteiger partial charge is 0.337 e. The number of aliphatic imine (C=N–C) groups is 1. The highest BCUT2D eigenvalue weighted by Gasteiger charge is 2.23. The van der Waals surface area contributed by atoms with Gasteiger partial charge in [-0.2, -0.15) is 0 Å². The van der Waals surface area contributed by atoms with Gasteiger partial charge >= 0.3 is 0 Å². The van der Waals surface area contributed by atoms with E-state index >= 15 is 0 Å². The molecule has 0 aromatic rings. The predicted molar refractivity (Wildman–Crippen MR) is 54.3 cm³/mol. The SMILES string of the molecule is CN=C(NN)N1CCN(C)CC1C. The van der Waals surface area contributed by atoms with Crippen LogP contribution < -0.4 is 11.3 Å². The van der Waals surface area contributed by atoms with Crippen molar-refractivity contribution in [3.63, 3.8) is 0 Å². The maximum Gasteiger partial charge on any atom is 0.208 e. The molecule has 1 atom stereocenters. The molecular formula is C8H19N5. The van der Waals surface area contributed by atoms with Crippen LogP contribution in [0.15, 0.2) is 4.99 Å². The summed E-state index contributed by atoms with van der Waals surface area (Å²) in [6, 6.07) is 0.466. The maximum atomic E-state index is 5.37. The summed E-state index contributed by atoms with van der Waals surface area (Å²) >= 11 is 0. The van der Waals surface area contributed by atoms with Crippen molar-refractivity contribution < 1.29 is 0 Å². The number of nitrogens with two attached hydrogens (primary N) is 1. The van der Waals surface area contributed by atoms with Crippen LogP contribution >= 0.6 is 0 Å². The molecule has 0 aliphatic carbocycles. The highest BCUT2D eigenvalue weighted by atomic mass is 15.4. The van der Waals surface area contributed by atoms with E-state index in [-0.39, 0.29) is 0 Å². The molecule has 1 rings (SSSR count). The molecule has 0 bridgehead atoms. The first-order valence-electron chi connectivity index (χ1n) is 4.57. The summed E-state index contributed by atoms with van der Waals surface area (Å²) in [5.41, 5.74) is 2.62. The first-order chi connectivity index (χ1) is 6.19. The number of hydrogen-bond acceptors (Lipinski definition) is 3. The fourth-order valence-corrected chi connectivity index (χ4v) is 1.73. The first kappa shape index (κ1) is 10.3. The summed E-state index contributed by atoms with van der Waals surface area (Å²) in [7, 11) is 3.88. The Hall–Kier alpha value is -0.810. The maximum absolute atomic E-state index is 5.37. The van der Waals surface area contributed by atoms with Gasteiger partial charge in [0.2, 0.25) is 5.96 Å². The second kappa shape index (κ2) is 4.43. The fourth-order valence-electron chi connectivity index (χ4n) is 1.73. The van der Waals surface area contributed by atoms with Crippen molar-refractivity contribution in [2.75, 3.05) is 33.7 Å². The van der Waals surface area contributed by atoms with E-state index in [2.05, 4.69) is 34.2 Å². The summed E-state index contributed by atoms with van der Waals surface area (Å²) in [5.74, 6) is 6.15. The predicted octanol–water partition coefficient (Wildman–Crippen LogP) is -0.929. The van der Waals surface area contributed by atoms with E-state index in [0.717, 1.165) is 25.6 Å². The molecule has 5 nitrogen and oxygen atoms in total. The van der Waals surface area contributed by atoms with Crippen LogP contribution in [0.25, 0.3) is 0 Å². The Morgan fingerprint density at radius 3 is 2.69 bits per heavy atom. The second-order valence-electron chi connectivity index (χ2n) is 3.50. The van der Waals surface area contributed by atoms with Crippen LogP contribution in [-0.2, 0) is 0 Å². The van der Waals surface area contributed by atoms with Crippen molar-refractivity contribution >= 4 is 5.96 Å². The molecule has 5 heteroatoms. The Balaban J connectivity index is 2.60. The van der Waals surface area contributed by atoms with Crippen LogP contribution in [0.3, 0.4) is 0 Å². The minimum atomic E-state index is 0.466. The Morgan fingerprint density at radius 2 is 2.23 bits per heavy atom. The zero-order chi connectivity index (χ0) is 9.84. The minimum Gasteiger partial charge on any atom is -0.337 e. The van der Waals surface area contributed by atoms with E-state index < -0.39 is 0 Å². The van der Waals surface area contributed by atoms with Gasteiger partial charge in [-0.15, -0.1) is 0 Å². The van der Waals surface area contributed by atoms with Crippen LogP contribution in [-0.4, -0.2) is 55.5 Å². The van der Waals surface area contributed by atoms with Gasteiger partial charge in [0.1, 0.15) is 0 Å². The quantitative estimate of drug-likeness (QED) is 0.222. The molecule has 0 amide bonds. The van der Waals surface area contributed by atoms with Gasteiger partial charge in [0.25, 0.3) is 0 Å². The van der Waals surface area contributed by atoms with Gasteiger partial charge in [-0.05, 0) is 14.0 Å². The Kier molecular flexibility index (Phi) is 3.50. The van der Waals surface area contributed by atoms with Crippen LogP contribution in [0.4, 0.5) is 0 Å². The number of likely N-dealkylation sites (N-methyl/N-ethyl adjacent to an activating group) is 1. The standard InChI is InChI=1S/C8H19N5/c1-7-6-12(3)4-5-13(7)8(10-2)11-9/h7H,4-6,9H2,1-3H3,(H,10,11). The lowest BCUT2D eigenvalue weighted by Gasteiger charge is -2.39. The molecule has 3 N–H and O–H groups in total. The van der Waals surface area contributed by atoms with Crippen LogP contribution in [0.5, 0.6) is 0 Å². The molecule has 1 aliphatic heterocycles. The van der Waals surface area contributed by atoms with E-state index in [1.165, 1.54) is 0 Å². The zero-order valence-corrected chi connectivity index (χ0v) is 8.62. The topological polar surface area (TPSA) is 56.9 Å². The molecule has 13 heavy (non-hydrogen) atoms. The van der Waals surface area contributed by atoms with Crippen LogP contribution in [0.2, 0.25) is 0 Å². The number of hydrazine groups is 1. The average molecular weight is 185 g/mol. The Labute approximate surface area is 79.6 Å². The van der Waals surface area contributed by atoms with E-state index in [9.17, 15) is 0 Å². The number of nitrogens with zero attached hydrogens (tertiary/aromatic N) is 3. The van der Waals surface area contributed by atoms with Gasteiger partial charge in [-0.1, -0.05) is 0 Å². The van der Waals surface area contributed by atoms with Gasteiger partial charge < -0.3 is 9.80 Å². The van der Waals surface area contributed by atoms with Crippen LogP contribution in [0, 0.1) is 0 Å². The number of rotatable bonds is 0. The summed E-state index contributed by atoms with van der Waals surface area (Å²) in [5, 5.41) is 0. The lowest BCUT2D eigenvalue weighted by Crippen LogP contribution is -2.57. The van der Waals surface area contributed by atoms with Crippen molar-refractivity contribution in [1.29, 1.82) is 0 Å². The van der Waals surface area contributed by atoms with Crippen molar-refractivity contribution in [2.24, 2.45) is 10.8 Å². The van der Waals surface area contributed by atoms with Crippen molar-refractivity contribution in [3.05, 3.63) is 0 Å². The molecule has 1 unspecified atom stereocenters. The smallest absolute Gasteiger partial charge is 0.208 e. The monoisotopic (exact) mass is 185 g/mol. The summed E-state index contributed by atoms with van der Waals surface area (Å²) in [4.78, 5) is 8.60. The molecule has 1 saturated heterocycles. The van der Waals surface area contributed by atoms with Gasteiger partial charge in [-0.25, -0.2) is 5.84 Å². The first-order valence-corrected chi connectivity index (χ1v) is 4.57. The normalized spacial score (nSPS) is 26.3. The summed E-state index contributed by atoms with van der Waals surface area (Å²) < 4.78 is 0. The van der Waals surface area contributed by atoms with Gasteiger partial charge in [-0.3, -0.25) is 10.4 Å². The van der Waals surface area contributed by atoms with Crippen LogP contribution in [0.1, 0.15) is 6.92 Å². The molecule has 76 valence electrons. The highest BCUT2D eigenvalue weighted by Crippen LogP contribution is 2.07. The fraction of sp³-hybridized carbons (Fsp3) is 0.875. The molecule has 1 aliphatic rings. The van der Waals surface area contributed by atoms with Crippen molar-refractivity contribution in [1.82, 2.24) is 15.2 Å². The molecule has 1 heterocycles. The van der Waals surface area contributed by atoms with Gasteiger partial charge in [0.05, 0.1) is 0 Å². The van der Waals surface area contributed by atoms with E-state index in [4.69, 9.17) is 5.84 Å². The molecule has 0 aromatic heterocycles. The average Bonchev–Trinajstić information content (AvgIpc) is 2.10. The van der Waals surface area contributed by atoms with E-state index in [1.54, 1.807) is 7.05 Å². The highest BCUT2D eigenvalue weighted by molar-refractivity contribution is 5.79. The van der Waals surface area contributed by atoms with E-state index in [1.807, 2.05) is 0 Å². The lowest BCUT2D eigenvalue weighted by atomic mass is 10.2. The molecule has 0 spiro atoms. The second-order valence-corrected chi connectivity index (χ2v) is 3.50. The number of piperazine rings is 1. The van der Waals surface area contributed by atoms with Gasteiger partial charge in [0, 0.05) is 32.7 Å². The zero-order valence-electron chi connectivity index (χ0n) is 8.62. The molecule has 1 fully saturated rings. The third kappa shape index (κ3) is 2.32. The van der Waals surface area contributed by atoms with Crippen molar-refractivity contribution in [2.45, 2.75) is 13.0 Å². The Bertz CT molecular complexity index is 191.